The van der Waals surface area contributed by atoms with Crippen LogP contribution >= 0.6 is 11.6 Å². The van der Waals surface area contributed by atoms with Gasteiger partial charge in [0.15, 0.2) is 11.8 Å². The van der Waals surface area contributed by atoms with Crippen molar-refractivity contribution in [2.45, 2.75) is 18.8 Å². The molecule has 190 valence electrons. The Labute approximate surface area is 209 Å². The maximum Gasteiger partial charge on any atom is 0.412 e. The van der Waals surface area contributed by atoms with Crippen molar-refractivity contribution in [3.8, 4) is 5.88 Å². The predicted octanol–water partition coefficient (Wildman–Crippen LogP) is 0.309. The maximum atomic E-state index is 13.2. The summed E-state index contributed by atoms with van der Waals surface area (Å²) >= 11 is 6.06. The zero-order chi connectivity index (χ0) is 26.0. The van der Waals surface area contributed by atoms with Crippen LogP contribution in [0.5, 0.6) is 5.88 Å². The first-order valence-corrected chi connectivity index (χ1v) is 11.1. The molecule has 36 heavy (non-hydrogen) atoms. The number of halogens is 1. The van der Waals surface area contributed by atoms with Crippen LogP contribution < -0.4 is 9.64 Å². The summed E-state index contributed by atoms with van der Waals surface area (Å²) in [5.74, 6) is -4.00. The number of ether oxygens (including phenoxy) is 2. The summed E-state index contributed by atoms with van der Waals surface area (Å²) in [6.45, 7) is 2.17. The summed E-state index contributed by atoms with van der Waals surface area (Å²) in [4.78, 5) is 65.7. The molecule has 1 fully saturated rings. The number of hydrogen-bond donors (Lipinski definition) is 2. The molecule has 0 bridgehead atoms. The van der Waals surface area contributed by atoms with Crippen LogP contribution in [0.25, 0.3) is 0 Å². The van der Waals surface area contributed by atoms with E-state index in [0.717, 1.165) is 4.90 Å². The first-order valence-electron chi connectivity index (χ1n) is 10.7. The number of aromatic nitrogens is 3. The summed E-state index contributed by atoms with van der Waals surface area (Å²) in [7, 11) is 1.93. The molecule has 0 radical (unpaired) electrons. The molecule has 2 atom stereocenters. The van der Waals surface area contributed by atoms with Gasteiger partial charge in [-0.3, -0.25) is 14.6 Å². The highest BCUT2D eigenvalue weighted by molar-refractivity contribution is 6.32. The lowest BCUT2D eigenvalue weighted by Crippen LogP contribution is -2.48. The number of aliphatic carboxylic acids is 1. The summed E-state index contributed by atoms with van der Waals surface area (Å²) in [5, 5.41) is 18.3. The molecule has 14 nitrogen and oxygen atoms in total. The second-order valence-corrected chi connectivity index (χ2v) is 8.39. The van der Waals surface area contributed by atoms with Crippen molar-refractivity contribution in [1.82, 2.24) is 24.8 Å². The Balaban J connectivity index is 1.62. The molecule has 1 saturated heterocycles. The number of fused-ring (bicyclic) bond motifs is 1. The molecule has 0 aromatic carbocycles. The fourth-order valence-electron chi connectivity index (χ4n) is 3.56. The molecule has 4 heterocycles. The highest BCUT2D eigenvalue weighted by Crippen LogP contribution is 2.37. The smallest absolute Gasteiger partial charge is 0.412 e. The number of carbonyl (C=O) groups excluding carboxylic acids is 3. The normalized spacial score (nSPS) is 18.5. The highest BCUT2D eigenvalue weighted by atomic mass is 35.5. The second kappa shape index (κ2) is 10.4. The lowest BCUT2D eigenvalue weighted by Gasteiger charge is -2.33. The molecule has 2 N–H and O–H groups in total. The molecule has 2 amide bonds. The van der Waals surface area contributed by atoms with Crippen molar-refractivity contribution in [1.29, 1.82) is 0 Å². The molecule has 2 aliphatic heterocycles. The molecule has 0 spiro atoms. The summed E-state index contributed by atoms with van der Waals surface area (Å²) in [5.41, 5.74) is 0.0398. The number of nitrogens with zero attached hydrogens (tertiary/aromatic N) is 6. The van der Waals surface area contributed by atoms with E-state index in [1.807, 2.05) is 7.05 Å². The third-order valence-corrected chi connectivity index (χ3v) is 5.76. The lowest BCUT2D eigenvalue weighted by atomic mass is 10.2. The van der Waals surface area contributed by atoms with Gasteiger partial charge in [0.1, 0.15) is 16.5 Å². The van der Waals surface area contributed by atoms with Crippen LogP contribution in [0.2, 0.25) is 5.02 Å². The Morgan fingerprint density at radius 2 is 1.86 bits per heavy atom. The number of pyridine rings is 1. The van der Waals surface area contributed by atoms with Crippen LogP contribution in [-0.2, 0) is 14.3 Å². The fourth-order valence-corrected chi connectivity index (χ4v) is 3.70. The van der Waals surface area contributed by atoms with Crippen LogP contribution in [-0.4, -0.2) is 98.2 Å². The first-order chi connectivity index (χ1) is 17.2. The number of likely N-dealkylation sites (N-methyl/N-ethyl adjacent to an activating group) is 1. The average molecular weight is 521 g/mol. The topological polar surface area (TPSA) is 176 Å². The molecule has 4 rings (SSSR count). The van der Waals surface area contributed by atoms with Crippen molar-refractivity contribution < 1.29 is 38.9 Å². The first kappa shape index (κ1) is 25.2. The van der Waals surface area contributed by atoms with Crippen LogP contribution in [0.3, 0.4) is 0 Å². The summed E-state index contributed by atoms with van der Waals surface area (Å²) in [6.07, 6.45) is -2.18. The van der Waals surface area contributed by atoms with Crippen molar-refractivity contribution >= 4 is 41.4 Å². The Hall–Kier alpha value is -3.88. The number of esters is 1. The molecule has 2 aromatic heterocycles. The second-order valence-electron chi connectivity index (χ2n) is 7.98. The number of carboxylic acids is 1. The fraction of sp³-hybridized carbons (Fsp3) is 0.381. The average Bonchev–Trinajstić information content (AvgIpc) is 3.12. The number of anilines is 1. The lowest BCUT2D eigenvalue weighted by molar-refractivity contribution is -0.151. The van der Waals surface area contributed by atoms with Crippen molar-refractivity contribution in [3.05, 3.63) is 40.9 Å². The molecule has 0 saturated carbocycles. The number of aliphatic hydroxyl groups is 1. The zero-order valence-electron chi connectivity index (χ0n) is 18.9. The van der Waals surface area contributed by atoms with E-state index < -0.39 is 48.6 Å². The van der Waals surface area contributed by atoms with Crippen molar-refractivity contribution in [2.75, 3.05) is 38.1 Å². The van der Waals surface area contributed by atoms with Crippen LogP contribution in [0.1, 0.15) is 28.8 Å². The molecule has 2 aromatic rings. The molecule has 2 aliphatic rings. The largest absolute Gasteiger partial charge is 0.481 e. The summed E-state index contributed by atoms with van der Waals surface area (Å²) in [6, 6.07) is 2.60. The third kappa shape index (κ3) is 5.19. The minimum atomic E-state index is -1.97. The van der Waals surface area contributed by atoms with Crippen molar-refractivity contribution in [2.24, 2.45) is 0 Å². The van der Waals surface area contributed by atoms with Gasteiger partial charge < -0.3 is 29.5 Å². The number of hydrogen-bond acceptors (Lipinski definition) is 11. The van der Waals surface area contributed by atoms with Gasteiger partial charge in [-0.15, -0.1) is 0 Å². The quantitative estimate of drug-likeness (QED) is 0.499. The van der Waals surface area contributed by atoms with E-state index in [-0.39, 0.29) is 22.2 Å². The van der Waals surface area contributed by atoms with E-state index in [9.17, 15) is 24.3 Å². The van der Waals surface area contributed by atoms with Gasteiger partial charge in [0.25, 0.3) is 5.91 Å². The maximum absolute atomic E-state index is 13.2. The predicted molar refractivity (Wildman–Crippen MR) is 120 cm³/mol. The number of carboxylic acid groups (broad SMARTS) is 1. The van der Waals surface area contributed by atoms with E-state index in [1.54, 1.807) is 0 Å². The molecule has 0 aliphatic carbocycles. The van der Waals surface area contributed by atoms with Gasteiger partial charge in [0, 0.05) is 38.6 Å². The van der Waals surface area contributed by atoms with Gasteiger partial charge in [0.2, 0.25) is 12.1 Å². The number of carbonyl (C=O) groups is 4. The SMILES string of the molecule is CN1CCN(C(=O)OC2c3nccnc3C(=O)N2c2ccc(Cl)c(OC(=O)[C@H](O)CC(=O)O)n2)CC1. The minimum absolute atomic E-state index is 0.0548. The van der Waals surface area contributed by atoms with Crippen LogP contribution in [0.4, 0.5) is 10.6 Å². The van der Waals surface area contributed by atoms with Gasteiger partial charge in [-0.05, 0) is 19.2 Å². The Morgan fingerprint density at radius 1 is 1.17 bits per heavy atom. The van der Waals surface area contributed by atoms with Gasteiger partial charge in [0.05, 0.1) is 6.42 Å². The van der Waals surface area contributed by atoms with Gasteiger partial charge >= 0.3 is 18.0 Å². The number of piperazine rings is 1. The number of rotatable bonds is 6. The Bertz CT molecular complexity index is 1200. The molecule has 15 heteroatoms. The number of aliphatic hydroxyl groups excluding tert-OH is 1. The Morgan fingerprint density at radius 3 is 2.56 bits per heavy atom. The van der Waals surface area contributed by atoms with E-state index in [0.29, 0.717) is 26.2 Å². The highest BCUT2D eigenvalue weighted by Gasteiger charge is 2.44. The van der Waals surface area contributed by atoms with E-state index in [1.165, 1.54) is 29.4 Å². The van der Waals surface area contributed by atoms with Gasteiger partial charge in [-0.25, -0.2) is 19.5 Å². The van der Waals surface area contributed by atoms with Crippen LogP contribution in [0, 0.1) is 0 Å². The monoisotopic (exact) mass is 520 g/mol. The standard InChI is InChI=1S/C21H21ClN6O8/c1-26-6-8-27(9-7-26)21(34)36-19-16-15(23-4-5-24-16)18(32)28(19)13-3-2-11(22)17(25-13)35-20(33)12(29)10-14(30)31/h2-5,12,19,29H,6-10H2,1H3,(H,30,31)/t12-,19?/m1/s1. The third-order valence-electron chi connectivity index (χ3n) is 5.47. The van der Waals surface area contributed by atoms with Gasteiger partial charge in [-0.1, -0.05) is 11.6 Å². The zero-order valence-corrected chi connectivity index (χ0v) is 19.7. The Kier molecular flexibility index (Phi) is 7.28. The van der Waals surface area contributed by atoms with E-state index in [2.05, 4.69) is 19.9 Å². The van der Waals surface area contributed by atoms with Crippen LogP contribution in [0.15, 0.2) is 24.5 Å². The van der Waals surface area contributed by atoms with E-state index >= 15 is 0 Å². The molecule has 1 unspecified atom stereocenters. The van der Waals surface area contributed by atoms with Gasteiger partial charge in [-0.2, -0.15) is 4.98 Å². The molecular weight excluding hydrogens is 500 g/mol. The van der Waals surface area contributed by atoms with Crippen molar-refractivity contribution in [3.63, 3.8) is 0 Å². The van der Waals surface area contributed by atoms with E-state index in [4.69, 9.17) is 26.2 Å². The minimum Gasteiger partial charge on any atom is -0.481 e. The number of amides is 2. The summed E-state index contributed by atoms with van der Waals surface area (Å²) < 4.78 is 10.6. The molecular formula is C21H21ClN6O8.